The van der Waals surface area contributed by atoms with Crippen LogP contribution in [0.3, 0.4) is 0 Å². The number of alkyl halides is 1. The maximum absolute atomic E-state index is 12.1. The third-order valence-corrected chi connectivity index (χ3v) is 4.65. The Bertz CT molecular complexity index is 363. The average Bonchev–Trinajstić information content (AvgIpc) is 2.84. The number of likely N-dealkylation sites (tertiary alicyclic amines) is 1. The highest BCUT2D eigenvalue weighted by molar-refractivity contribution is 9.09. The lowest BCUT2D eigenvalue weighted by molar-refractivity contribution is 0.0788. The Labute approximate surface area is 102 Å². The van der Waals surface area contributed by atoms with E-state index in [2.05, 4.69) is 15.9 Å². The van der Waals surface area contributed by atoms with Gasteiger partial charge in [-0.15, -0.1) is 0 Å². The molecule has 1 saturated heterocycles. The van der Waals surface area contributed by atoms with Crippen molar-refractivity contribution in [2.45, 2.75) is 13.3 Å². The third kappa shape index (κ3) is 2.26. The van der Waals surface area contributed by atoms with Gasteiger partial charge in [0.05, 0.1) is 5.56 Å². The van der Waals surface area contributed by atoms with Crippen molar-refractivity contribution >= 4 is 33.2 Å². The van der Waals surface area contributed by atoms with Crippen LogP contribution in [0.25, 0.3) is 0 Å². The van der Waals surface area contributed by atoms with Crippen molar-refractivity contribution in [3.8, 4) is 0 Å². The molecular weight excluding hydrogens is 274 g/mol. The molecule has 1 unspecified atom stereocenters. The van der Waals surface area contributed by atoms with Gasteiger partial charge in [-0.1, -0.05) is 15.9 Å². The number of carbonyl (C=O) groups excluding carboxylic acids is 1. The molecular formula is C11H14BrNOS. The topological polar surface area (TPSA) is 20.3 Å². The van der Waals surface area contributed by atoms with Crippen LogP contribution in [0, 0.1) is 12.8 Å². The highest BCUT2D eigenvalue weighted by Crippen LogP contribution is 2.22. The number of rotatable bonds is 2. The molecule has 0 radical (unpaired) electrons. The number of hydrogen-bond acceptors (Lipinski definition) is 2. The Balaban J connectivity index is 2.07. The van der Waals surface area contributed by atoms with Crippen molar-refractivity contribution in [2.24, 2.45) is 5.92 Å². The number of halogens is 1. The van der Waals surface area contributed by atoms with Crippen molar-refractivity contribution in [1.82, 2.24) is 4.90 Å². The summed E-state index contributed by atoms with van der Waals surface area (Å²) < 4.78 is 0. The highest BCUT2D eigenvalue weighted by atomic mass is 79.9. The fraction of sp³-hybridized carbons (Fsp3) is 0.545. The highest BCUT2D eigenvalue weighted by Gasteiger charge is 2.26. The molecule has 15 heavy (non-hydrogen) atoms. The Morgan fingerprint density at radius 3 is 3.00 bits per heavy atom. The first-order valence-electron chi connectivity index (χ1n) is 5.10. The van der Waals surface area contributed by atoms with Crippen LogP contribution in [0.4, 0.5) is 0 Å². The average molecular weight is 288 g/mol. The second-order valence-electron chi connectivity index (χ2n) is 4.03. The first-order valence-corrected chi connectivity index (χ1v) is 7.17. The largest absolute Gasteiger partial charge is 0.338 e. The molecule has 1 fully saturated rings. The molecule has 1 aliphatic rings. The minimum Gasteiger partial charge on any atom is -0.338 e. The maximum Gasteiger partial charge on any atom is 0.254 e. The zero-order chi connectivity index (χ0) is 10.8. The van der Waals surface area contributed by atoms with Gasteiger partial charge in [0.25, 0.3) is 5.91 Å². The van der Waals surface area contributed by atoms with Gasteiger partial charge in [-0.2, -0.15) is 11.3 Å². The zero-order valence-corrected chi connectivity index (χ0v) is 11.1. The van der Waals surface area contributed by atoms with E-state index in [0.29, 0.717) is 5.92 Å². The van der Waals surface area contributed by atoms with Crippen LogP contribution >= 0.6 is 27.3 Å². The normalized spacial score (nSPS) is 20.9. The summed E-state index contributed by atoms with van der Waals surface area (Å²) in [6.45, 7) is 3.81. The monoisotopic (exact) mass is 287 g/mol. The van der Waals surface area contributed by atoms with Gasteiger partial charge >= 0.3 is 0 Å². The fourth-order valence-electron chi connectivity index (χ4n) is 1.89. The van der Waals surface area contributed by atoms with E-state index in [1.54, 1.807) is 11.3 Å². The van der Waals surface area contributed by atoms with E-state index in [1.165, 1.54) is 0 Å². The van der Waals surface area contributed by atoms with E-state index in [9.17, 15) is 4.79 Å². The lowest BCUT2D eigenvalue weighted by Crippen LogP contribution is -2.28. The van der Waals surface area contributed by atoms with E-state index >= 15 is 0 Å². The van der Waals surface area contributed by atoms with E-state index in [4.69, 9.17) is 0 Å². The second kappa shape index (κ2) is 4.66. The smallest absolute Gasteiger partial charge is 0.254 e. The first-order chi connectivity index (χ1) is 7.22. The summed E-state index contributed by atoms with van der Waals surface area (Å²) in [6, 6.07) is 0. The summed E-state index contributed by atoms with van der Waals surface area (Å²) in [5, 5.41) is 4.99. The lowest BCUT2D eigenvalue weighted by atomic mass is 10.2. The SMILES string of the molecule is Cc1cscc1C(=O)N1CCC(CBr)C1. The Hall–Kier alpha value is -0.350. The fourth-order valence-corrected chi connectivity index (χ4v) is 3.24. The minimum atomic E-state index is 0.206. The second-order valence-corrected chi connectivity index (χ2v) is 5.42. The van der Waals surface area contributed by atoms with Gasteiger partial charge in [-0.3, -0.25) is 4.79 Å². The molecule has 0 N–H and O–H groups in total. The molecule has 2 nitrogen and oxygen atoms in total. The van der Waals surface area contributed by atoms with Crippen LogP contribution in [0.15, 0.2) is 10.8 Å². The van der Waals surface area contributed by atoms with Gasteiger partial charge < -0.3 is 4.90 Å². The standard InChI is InChI=1S/C11H14BrNOS/c1-8-6-15-7-10(8)11(14)13-3-2-9(4-12)5-13/h6-7,9H,2-5H2,1H3. The van der Waals surface area contributed by atoms with Crippen molar-refractivity contribution in [3.05, 3.63) is 21.9 Å². The van der Waals surface area contributed by atoms with Crippen LogP contribution in [0.5, 0.6) is 0 Å². The first kappa shape index (κ1) is 11.1. The predicted octanol–water partition coefficient (Wildman–Crippen LogP) is 2.91. The number of carbonyl (C=O) groups is 1. The minimum absolute atomic E-state index is 0.206. The summed E-state index contributed by atoms with van der Waals surface area (Å²) in [5.74, 6) is 0.838. The molecule has 1 amide bonds. The van der Waals surface area contributed by atoms with E-state index < -0.39 is 0 Å². The van der Waals surface area contributed by atoms with Crippen LogP contribution in [-0.4, -0.2) is 29.2 Å². The van der Waals surface area contributed by atoms with Crippen LogP contribution < -0.4 is 0 Å². The molecule has 1 aliphatic heterocycles. The molecule has 1 aromatic rings. The van der Waals surface area contributed by atoms with Crippen LogP contribution in [0.2, 0.25) is 0 Å². The molecule has 82 valence electrons. The number of amides is 1. The summed E-state index contributed by atoms with van der Waals surface area (Å²) in [5.41, 5.74) is 1.99. The van der Waals surface area contributed by atoms with E-state index in [-0.39, 0.29) is 5.91 Å². The van der Waals surface area contributed by atoms with Gasteiger partial charge in [-0.05, 0) is 30.2 Å². The molecule has 1 atom stereocenters. The summed E-state index contributed by atoms with van der Waals surface area (Å²) in [7, 11) is 0. The van der Waals surface area contributed by atoms with Crippen LogP contribution in [0.1, 0.15) is 22.3 Å². The van der Waals surface area contributed by atoms with Gasteiger partial charge in [0, 0.05) is 23.8 Å². The van der Waals surface area contributed by atoms with Crippen LogP contribution in [-0.2, 0) is 0 Å². The van der Waals surface area contributed by atoms with Gasteiger partial charge in [-0.25, -0.2) is 0 Å². The summed E-state index contributed by atoms with van der Waals surface area (Å²) in [6.07, 6.45) is 1.13. The third-order valence-electron chi connectivity index (χ3n) is 2.88. The van der Waals surface area contributed by atoms with Gasteiger partial charge in [0.1, 0.15) is 0 Å². The van der Waals surface area contributed by atoms with Crippen molar-refractivity contribution in [2.75, 3.05) is 18.4 Å². The number of aryl methyl sites for hydroxylation is 1. The van der Waals surface area contributed by atoms with Crippen molar-refractivity contribution in [1.29, 1.82) is 0 Å². The Kier molecular flexibility index (Phi) is 3.46. The van der Waals surface area contributed by atoms with E-state index in [0.717, 1.165) is 36.0 Å². The number of thiophene rings is 1. The van der Waals surface area contributed by atoms with Gasteiger partial charge in [0.2, 0.25) is 0 Å². The summed E-state index contributed by atoms with van der Waals surface area (Å²) in [4.78, 5) is 14.1. The zero-order valence-electron chi connectivity index (χ0n) is 8.70. The molecule has 4 heteroatoms. The molecule has 2 heterocycles. The van der Waals surface area contributed by atoms with Gasteiger partial charge in [0.15, 0.2) is 0 Å². The maximum atomic E-state index is 12.1. The molecule has 0 aromatic carbocycles. The lowest BCUT2D eigenvalue weighted by Gasteiger charge is -2.15. The molecule has 0 bridgehead atoms. The van der Waals surface area contributed by atoms with Crippen molar-refractivity contribution < 1.29 is 4.79 Å². The Morgan fingerprint density at radius 1 is 1.67 bits per heavy atom. The number of hydrogen-bond donors (Lipinski definition) is 0. The van der Waals surface area contributed by atoms with E-state index in [1.807, 2.05) is 22.6 Å². The molecule has 0 spiro atoms. The number of nitrogens with zero attached hydrogens (tertiary/aromatic N) is 1. The molecule has 1 aromatic heterocycles. The Morgan fingerprint density at radius 2 is 2.47 bits per heavy atom. The molecule has 0 saturated carbocycles. The quantitative estimate of drug-likeness (QED) is 0.766. The summed E-state index contributed by atoms with van der Waals surface area (Å²) >= 11 is 5.08. The predicted molar refractivity (Wildman–Crippen MR) is 66.9 cm³/mol. The van der Waals surface area contributed by atoms with Crippen molar-refractivity contribution in [3.63, 3.8) is 0 Å². The molecule has 0 aliphatic carbocycles. The molecule has 2 rings (SSSR count).